The largest absolute Gasteiger partial charge is 0.383 e. The van der Waals surface area contributed by atoms with E-state index in [2.05, 4.69) is 9.89 Å². The average Bonchev–Trinajstić information content (AvgIpc) is 3.16. The number of hydrogen-bond donors (Lipinski definition) is 1. The summed E-state index contributed by atoms with van der Waals surface area (Å²) in [5.74, 6) is 0.651. The van der Waals surface area contributed by atoms with Gasteiger partial charge in [-0.1, -0.05) is 60.7 Å². The molecule has 1 saturated heterocycles. The third-order valence-electron chi connectivity index (χ3n) is 5.11. The van der Waals surface area contributed by atoms with Crippen LogP contribution in [0.2, 0.25) is 0 Å². The minimum atomic E-state index is -0.597. The van der Waals surface area contributed by atoms with Crippen LogP contribution in [-0.2, 0) is 4.79 Å². The first kappa shape index (κ1) is 17.5. The summed E-state index contributed by atoms with van der Waals surface area (Å²) >= 11 is 0. The van der Waals surface area contributed by atoms with Gasteiger partial charge in [0.1, 0.15) is 11.9 Å². The molecule has 2 aromatic rings. The number of nitrogens with zero attached hydrogens (tertiary/aromatic N) is 3. The molecule has 5 heteroatoms. The molecular weight excluding hydrogens is 338 g/mol. The predicted octanol–water partition coefficient (Wildman–Crippen LogP) is 2.25. The van der Waals surface area contributed by atoms with Gasteiger partial charge < -0.3 is 14.9 Å². The molecule has 1 amide bonds. The lowest BCUT2D eigenvalue weighted by Crippen LogP contribution is -2.49. The second kappa shape index (κ2) is 7.76. The molecule has 0 spiro atoms. The Balaban J connectivity index is 1.51. The molecular formula is C22H23N3O2. The van der Waals surface area contributed by atoms with E-state index >= 15 is 0 Å². The van der Waals surface area contributed by atoms with E-state index in [1.807, 2.05) is 65.6 Å². The first-order valence-electron chi connectivity index (χ1n) is 9.30. The van der Waals surface area contributed by atoms with E-state index in [1.165, 1.54) is 6.21 Å². The minimum Gasteiger partial charge on any atom is -0.383 e. The maximum Gasteiger partial charge on any atom is 0.234 e. The van der Waals surface area contributed by atoms with Crippen molar-refractivity contribution in [3.63, 3.8) is 0 Å². The van der Waals surface area contributed by atoms with Gasteiger partial charge in [0.05, 0.1) is 5.92 Å². The van der Waals surface area contributed by atoms with Crippen molar-refractivity contribution in [2.75, 3.05) is 26.2 Å². The zero-order valence-electron chi connectivity index (χ0n) is 15.1. The molecule has 0 saturated carbocycles. The van der Waals surface area contributed by atoms with Crippen LogP contribution in [-0.4, -0.2) is 59.3 Å². The molecule has 0 bridgehead atoms. The van der Waals surface area contributed by atoms with E-state index in [0.717, 1.165) is 30.0 Å². The number of aliphatic imine (C=N–C) groups is 1. The lowest BCUT2D eigenvalue weighted by Gasteiger charge is -2.37. The Morgan fingerprint density at radius 3 is 1.96 bits per heavy atom. The van der Waals surface area contributed by atoms with E-state index in [-0.39, 0.29) is 11.8 Å². The molecule has 2 aromatic carbocycles. The molecule has 1 fully saturated rings. The third-order valence-corrected chi connectivity index (χ3v) is 5.11. The summed E-state index contributed by atoms with van der Waals surface area (Å²) < 4.78 is 0. The van der Waals surface area contributed by atoms with Crippen LogP contribution >= 0.6 is 0 Å². The maximum atomic E-state index is 13.4. The van der Waals surface area contributed by atoms with E-state index in [1.54, 1.807) is 6.08 Å². The molecule has 4 rings (SSSR count). The summed E-state index contributed by atoms with van der Waals surface area (Å²) in [5, 5.41) is 9.58. The zero-order valence-corrected chi connectivity index (χ0v) is 15.1. The number of carbonyl (C=O) groups excluding carboxylic acids is 1. The molecule has 138 valence electrons. The predicted molar refractivity (Wildman–Crippen MR) is 105 cm³/mol. The van der Waals surface area contributed by atoms with Crippen LogP contribution in [0.1, 0.15) is 17.0 Å². The highest BCUT2D eigenvalue weighted by atomic mass is 16.3. The zero-order chi connectivity index (χ0) is 18.6. The van der Waals surface area contributed by atoms with Crippen LogP contribution in [0, 0.1) is 0 Å². The fraction of sp³-hybridized carbons (Fsp3) is 0.273. The van der Waals surface area contributed by atoms with Gasteiger partial charge in [-0.25, -0.2) is 4.99 Å². The number of hydrogen-bond acceptors (Lipinski definition) is 4. The Bertz CT molecular complexity index is 801. The highest BCUT2D eigenvalue weighted by Gasteiger charge is 2.30. The molecule has 1 atom stereocenters. The average molecular weight is 361 g/mol. The maximum absolute atomic E-state index is 13.4. The molecule has 0 aromatic heterocycles. The van der Waals surface area contributed by atoms with Gasteiger partial charge in [0.25, 0.3) is 0 Å². The van der Waals surface area contributed by atoms with Gasteiger partial charge in [-0.15, -0.1) is 0 Å². The summed E-state index contributed by atoms with van der Waals surface area (Å²) in [6.07, 6.45) is 2.68. The van der Waals surface area contributed by atoms with Gasteiger partial charge in [-0.3, -0.25) is 4.79 Å². The molecule has 0 radical (unpaired) electrons. The quantitative estimate of drug-likeness (QED) is 0.909. The van der Waals surface area contributed by atoms with E-state index in [9.17, 15) is 9.90 Å². The molecule has 27 heavy (non-hydrogen) atoms. The fourth-order valence-corrected chi connectivity index (χ4v) is 3.69. The van der Waals surface area contributed by atoms with Crippen molar-refractivity contribution >= 4 is 12.1 Å². The van der Waals surface area contributed by atoms with Crippen molar-refractivity contribution in [3.05, 3.63) is 83.7 Å². The highest BCUT2D eigenvalue weighted by molar-refractivity contribution is 5.87. The van der Waals surface area contributed by atoms with Gasteiger partial charge in [0.2, 0.25) is 5.91 Å². The number of rotatable bonds is 4. The fourth-order valence-electron chi connectivity index (χ4n) is 3.69. The lowest BCUT2D eigenvalue weighted by molar-refractivity contribution is -0.133. The van der Waals surface area contributed by atoms with Crippen LogP contribution < -0.4 is 0 Å². The van der Waals surface area contributed by atoms with Crippen LogP contribution in [0.3, 0.4) is 0 Å². The Kier molecular flexibility index (Phi) is 5.03. The summed E-state index contributed by atoms with van der Waals surface area (Å²) in [4.78, 5) is 21.7. The SMILES string of the molecule is O=C(C(c1ccccc1)c1ccccc1)N1CCN(C2=CC(O)C=N2)CC1. The van der Waals surface area contributed by atoms with E-state index < -0.39 is 6.10 Å². The molecule has 2 aliphatic heterocycles. The van der Waals surface area contributed by atoms with Gasteiger partial charge in [-0.05, 0) is 17.2 Å². The van der Waals surface area contributed by atoms with Crippen LogP contribution in [0.25, 0.3) is 0 Å². The Labute approximate surface area is 159 Å². The second-order valence-corrected chi connectivity index (χ2v) is 6.86. The van der Waals surface area contributed by atoms with Crippen molar-refractivity contribution < 1.29 is 9.90 Å². The summed E-state index contributed by atoms with van der Waals surface area (Å²) in [5.41, 5.74) is 2.03. The monoisotopic (exact) mass is 361 g/mol. The summed E-state index contributed by atoms with van der Waals surface area (Å²) in [6, 6.07) is 19.9. The van der Waals surface area contributed by atoms with Crippen molar-refractivity contribution in [2.24, 2.45) is 4.99 Å². The van der Waals surface area contributed by atoms with Crippen molar-refractivity contribution in [1.29, 1.82) is 0 Å². The molecule has 2 aliphatic rings. The number of carbonyl (C=O) groups is 1. The van der Waals surface area contributed by atoms with Crippen molar-refractivity contribution in [3.8, 4) is 0 Å². The van der Waals surface area contributed by atoms with Crippen LogP contribution in [0.15, 0.2) is 77.6 Å². The Hall–Kier alpha value is -2.92. The van der Waals surface area contributed by atoms with E-state index in [0.29, 0.717) is 13.1 Å². The molecule has 0 aliphatic carbocycles. The van der Waals surface area contributed by atoms with Gasteiger partial charge in [0.15, 0.2) is 0 Å². The van der Waals surface area contributed by atoms with Gasteiger partial charge in [-0.2, -0.15) is 0 Å². The standard InChI is InChI=1S/C22H23N3O2/c26-19-15-20(23-16-19)24-11-13-25(14-12-24)22(27)21(17-7-3-1-4-8-17)18-9-5-2-6-10-18/h1-10,15-16,19,21,26H,11-14H2. The van der Waals surface area contributed by atoms with E-state index in [4.69, 9.17) is 0 Å². The number of benzene rings is 2. The first-order chi connectivity index (χ1) is 13.2. The molecule has 2 heterocycles. The normalized spacial score (nSPS) is 19.5. The van der Waals surface area contributed by atoms with Crippen molar-refractivity contribution in [1.82, 2.24) is 9.80 Å². The van der Waals surface area contributed by atoms with Crippen LogP contribution in [0.4, 0.5) is 0 Å². The number of piperazine rings is 1. The molecule has 1 unspecified atom stereocenters. The summed E-state index contributed by atoms with van der Waals surface area (Å²) in [7, 11) is 0. The molecule has 1 N–H and O–H groups in total. The number of amides is 1. The smallest absolute Gasteiger partial charge is 0.234 e. The number of aliphatic hydroxyl groups excluding tert-OH is 1. The molecule has 5 nitrogen and oxygen atoms in total. The van der Waals surface area contributed by atoms with Gasteiger partial charge >= 0.3 is 0 Å². The first-order valence-corrected chi connectivity index (χ1v) is 9.30. The number of aliphatic hydroxyl groups is 1. The summed E-state index contributed by atoms with van der Waals surface area (Å²) in [6.45, 7) is 2.74. The van der Waals surface area contributed by atoms with Gasteiger partial charge in [0, 0.05) is 32.4 Å². The van der Waals surface area contributed by atoms with Crippen LogP contribution in [0.5, 0.6) is 0 Å². The Morgan fingerprint density at radius 1 is 0.926 bits per heavy atom. The lowest BCUT2D eigenvalue weighted by atomic mass is 9.90. The second-order valence-electron chi connectivity index (χ2n) is 6.86. The Morgan fingerprint density at radius 2 is 1.48 bits per heavy atom. The third kappa shape index (κ3) is 3.78. The minimum absolute atomic E-state index is 0.135. The highest BCUT2D eigenvalue weighted by Crippen LogP contribution is 2.27. The van der Waals surface area contributed by atoms with Crippen molar-refractivity contribution in [2.45, 2.75) is 12.0 Å². The topological polar surface area (TPSA) is 56.1 Å².